The maximum atomic E-state index is 16.1. The van der Waals surface area contributed by atoms with Crippen LogP contribution in [0.25, 0.3) is 28.0 Å². The molecule has 0 unspecified atom stereocenters. The molecule has 0 bridgehead atoms. The Bertz CT molecular complexity index is 1860. The highest BCUT2D eigenvalue weighted by Gasteiger charge is 2.34. The Hall–Kier alpha value is -4.19. The number of carbonyl (C=O) groups is 1. The van der Waals surface area contributed by atoms with Crippen LogP contribution >= 0.6 is 11.8 Å². The quantitative estimate of drug-likeness (QED) is 0.192. The van der Waals surface area contributed by atoms with E-state index < -0.39 is 28.8 Å². The number of piperazine rings is 1. The number of hydrogen-bond donors (Lipinski definition) is 0. The van der Waals surface area contributed by atoms with Crippen LogP contribution in [0.5, 0.6) is 0 Å². The summed E-state index contributed by atoms with van der Waals surface area (Å²) in [5.41, 5.74) is 0.304. The topological polar surface area (TPSA) is 84.2 Å². The average molecular weight is 623 g/mol. The summed E-state index contributed by atoms with van der Waals surface area (Å²) in [6.07, 6.45) is 4.56. The predicted octanol–water partition coefficient (Wildman–Crippen LogP) is 6.03. The molecule has 0 radical (unpaired) electrons. The number of halogens is 3. The molecule has 44 heavy (non-hydrogen) atoms. The van der Waals surface area contributed by atoms with Gasteiger partial charge in [-0.25, -0.2) is 27.5 Å². The zero-order chi connectivity index (χ0) is 32.0. The molecule has 1 amide bonds. The molecule has 3 aromatic heterocycles. The van der Waals surface area contributed by atoms with Gasteiger partial charge in [0.15, 0.2) is 23.1 Å². The second-order valence-electron chi connectivity index (χ2n) is 11.2. The molecule has 1 fully saturated rings. The minimum atomic E-state index is -1.24. The molecule has 0 spiro atoms. The number of nitrogens with zero attached hydrogens (tertiary/aromatic N) is 6. The highest BCUT2D eigenvalue weighted by Crippen LogP contribution is 2.38. The molecular formula is C32H33F3N6O2S. The van der Waals surface area contributed by atoms with E-state index >= 15 is 8.78 Å². The number of anilines is 1. The number of benzene rings is 1. The van der Waals surface area contributed by atoms with Gasteiger partial charge in [0.25, 0.3) is 0 Å². The second-order valence-corrected chi connectivity index (χ2v) is 12.1. The zero-order valence-electron chi connectivity index (χ0n) is 25.4. The van der Waals surface area contributed by atoms with Crippen molar-refractivity contribution in [2.24, 2.45) is 0 Å². The number of rotatable bonds is 6. The molecule has 5 rings (SSSR count). The summed E-state index contributed by atoms with van der Waals surface area (Å²) in [6.45, 7) is 13.6. The third-order valence-corrected chi connectivity index (χ3v) is 8.74. The van der Waals surface area contributed by atoms with Gasteiger partial charge < -0.3 is 9.80 Å². The summed E-state index contributed by atoms with van der Waals surface area (Å²) in [6, 6.07) is 4.68. The predicted molar refractivity (Wildman–Crippen MR) is 167 cm³/mol. The van der Waals surface area contributed by atoms with E-state index in [1.54, 1.807) is 23.4 Å². The van der Waals surface area contributed by atoms with E-state index in [1.807, 2.05) is 39.5 Å². The van der Waals surface area contributed by atoms with Crippen LogP contribution in [-0.4, -0.2) is 61.8 Å². The first-order valence-corrected chi connectivity index (χ1v) is 15.4. The molecule has 2 atom stereocenters. The first-order chi connectivity index (χ1) is 20.9. The smallest absolute Gasteiger partial charge is 0.349 e. The van der Waals surface area contributed by atoms with Gasteiger partial charge in [-0.15, -0.1) is 11.8 Å². The minimum Gasteiger partial charge on any atom is -0.349 e. The van der Waals surface area contributed by atoms with E-state index in [9.17, 15) is 14.0 Å². The van der Waals surface area contributed by atoms with Crippen molar-refractivity contribution in [3.63, 3.8) is 0 Å². The van der Waals surface area contributed by atoms with Gasteiger partial charge in [-0.1, -0.05) is 20.4 Å². The Morgan fingerprint density at radius 2 is 1.82 bits per heavy atom. The van der Waals surface area contributed by atoms with Crippen LogP contribution in [0, 0.1) is 24.4 Å². The summed E-state index contributed by atoms with van der Waals surface area (Å²) < 4.78 is 47.2. The van der Waals surface area contributed by atoms with E-state index in [0.717, 1.165) is 17.8 Å². The van der Waals surface area contributed by atoms with Crippen LogP contribution in [0.2, 0.25) is 0 Å². The lowest BCUT2D eigenvalue weighted by Crippen LogP contribution is -2.58. The summed E-state index contributed by atoms with van der Waals surface area (Å²) in [5, 5.41) is 0.203. The lowest BCUT2D eigenvalue weighted by Gasteiger charge is -2.44. The van der Waals surface area contributed by atoms with Crippen molar-refractivity contribution in [1.82, 2.24) is 24.4 Å². The van der Waals surface area contributed by atoms with E-state index in [4.69, 9.17) is 0 Å². The minimum absolute atomic E-state index is 0.0227. The van der Waals surface area contributed by atoms with Gasteiger partial charge in [0.05, 0.1) is 22.3 Å². The fourth-order valence-electron chi connectivity index (χ4n) is 5.76. The molecule has 8 nitrogen and oxygen atoms in total. The highest BCUT2D eigenvalue weighted by molar-refractivity contribution is 7.98. The number of carbonyl (C=O) groups excluding carboxylic acids is 1. The molecule has 230 valence electrons. The fraction of sp³-hybridized carbons (Fsp3) is 0.344. The van der Waals surface area contributed by atoms with E-state index in [0.29, 0.717) is 30.0 Å². The first kappa shape index (κ1) is 31.2. The second kappa shape index (κ2) is 12.1. The number of amides is 1. The SMILES string of the molecule is C=CC(=O)N1C[C@H](C)N(c2nc(=O)n(-c3c(C)ccnc3C(C)C)c3nc(-c4c(SC)ccc(F)c4F)c(F)cc23)C[C@H]1C. The lowest BCUT2D eigenvalue weighted by atomic mass is 10.0. The Labute approximate surface area is 257 Å². The molecular weight excluding hydrogens is 589 g/mol. The molecule has 1 aliphatic heterocycles. The average Bonchev–Trinajstić information content (AvgIpc) is 2.99. The molecule has 1 aliphatic rings. The Morgan fingerprint density at radius 1 is 1.09 bits per heavy atom. The van der Waals surface area contributed by atoms with Crippen molar-refractivity contribution < 1.29 is 18.0 Å². The summed E-state index contributed by atoms with van der Waals surface area (Å²) in [5.74, 6) is -3.43. The summed E-state index contributed by atoms with van der Waals surface area (Å²) in [7, 11) is 0. The zero-order valence-corrected chi connectivity index (χ0v) is 26.2. The molecule has 0 aliphatic carbocycles. The molecule has 4 aromatic rings. The van der Waals surface area contributed by atoms with Crippen LogP contribution in [0.4, 0.5) is 19.0 Å². The maximum Gasteiger partial charge on any atom is 0.355 e. The molecule has 4 heterocycles. The Kier molecular flexibility index (Phi) is 8.57. The standard InChI is InChI=1S/C32H33F3N6O2S/c1-8-24(42)39-14-19(6)40(15-18(39)5)30-20-13-22(34)28(25-23(44-7)10-9-21(33)26(25)35)37-31(20)41(32(43)38-30)29-17(4)11-12-36-27(29)16(2)3/h8-13,16,18-19H,1,14-15H2,2-7H3/t18-,19+/m1/s1. The number of thioether (sulfide) groups is 1. The van der Waals surface area contributed by atoms with Gasteiger partial charge >= 0.3 is 5.69 Å². The number of hydrogen-bond acceptors (Lipinski definition) is 7. The van der Waals surface area contributed by atoms with Gasteiger partial charge in [0.1, 0.15) is 11.5 Å². The monoisotopic (exact) mass is 622 g/mol. The Balaban J connectivity index is 1.87. The van der Waals surface area contributed by atoms with E-state index in [2.05, 4.69) is 21.5 Å². The first-order valence-electron chi connectivity index (χ1n) is 14.2. The van der Waals surface area contributed by atoms with Crippen LogP contribution in [0.3, 0.4) is 0 Å². The fourth-order valence-corrected chi connectivity index (χ4v) is 6.35. The maximum absolute atomic E-state index is 16.1. The molecule has 1 aromatic carbocycles. The third kappa shape index (κ3) is 5.25. The number of fused-ring (bicyclic) bond motifs is 1. The van der Waals surface area contributed by atoms with Gasteiger partial charge in [-0.2, -0.15) is 4.98 Å². The molecule has 0 saturated carbocycles. The van der Waals surface area contributed by atoms with Crippen molar-refractivity contribution in [3.8, 4) is 16.9 Å². The summed E-state index contributed by atoms with van der Waals surface area (Å²) in [4.78, 5) is 43.9. The van der Waals surface area contributed by atoms with Crippen molar-refractivity contribution in [2.75, 3.05) is 24.2 Å². The highest BCUT2D eigenvalue weighted by atomic mass is 32.2. The summed E-state index contributed by atoms with van der Waals surface area (Å²) >= 11 is 1.12. The van der Waals surface area contributed by atoms with Gasteiger partial charge in [-0.05, 0) is 68.8 Å². The normalized spacial score (nSPS) is 17.0. The largest absolute Gasteiger partial charge is 0.355 e. The van der Waals surface area contributed by atoms with E-state index in [1.165, 1.54) is 22.8 Å². The van der Waals surface area contributed by atoms with Crippen molar-refractivity contribution in [2.45, 2.75) is 57.5 Å². The van der Waals surface area contributed by atoms with Crippen LogP contribution in [0.1, 0.15) is 44.9 Å². The number of aromatic nitrogens is 4. The molecule has 1 saturated heterocycles. The molecule has 12 heteroatoms. The van der Waals surface area contributed by atoms with E-state index in [-0.39, 0.29) is 51.2 Å². The van der Waals surface area contributed by atoms with Crippen molar-refractivity contribution >= 4 is 34.5 Å². The van der Waals surface area contributed by atoms with Crippen LogP contribution in [-0.2, 0) is 4.79 Å². The number of aryl methyl sites for hydroxylation is 1. The van der Waals surface area contributed by atoms with Crippen LogP contribution < -0.4 is 10.6 Å². The van der Waals surface area contributed by atoms with Crippen molar-refractivity contribution in [3.05, 3.63) is 82.3 Å². The van der Waals surface area contributed by atoms with Gasteiger partial charge in [-0.3, -0.25) is 9.78 Å². The number of pyridine rings is 2. The van der Waals surface area contributed by atoms with Crippen molar-refractivity contribution in [1.29, 1.82) is 0 Å². The third-order valence-electron chi connectivity index (χ3n) is 7.96. The van der Waals surface area contributed by atoms with Gasteiger partial charge in [0, 0.05) is 36.3 Å². The molecule has 0 N–H and O–H groups in total. The lowest BCUT2D eigenvalue weighted by molar-refractivity contribution is -0.128. The Morgan fingerprint density at radius 3 is 2.48 bits per heavy atom. The van der Waals surface area contributed by atoms with Gasteiger partial charge in [0.2, 0.25) is 5.91 Å². The van der Waals surface area contributed by atoms with Crippen LogP contribution in [0.15, 0.2) is 52.8 Å².